The Morgan fingerprint density at radius 3 is 2.55 bits per heavy atom. The van der Waals surface area contributed by atoms with Crippen LogP contribution in [0.1, 0.15) is 36.5 Å². The van der Waals surface area contributed by atoms with Crippen LogP contribution in [0.4, 0.5) is 0 Å². The highest BCUT2D eigenvalue weighted by molar-refractivity contribution is 6.42. The molecule has 0 saturated heterocycles. The third-order valence-corrected chi connectivity index (χ3v) is 3.91. The maximum Gasteiger partial charge on any atom is 0.121 e. The number of benzene rings is 1. The van der Waals surface area contributed by atoms with Gasteiger partial charge in [-0.2, -0.15) is 0 Å². The first-order chi connectivity index (χ1) is 9.60. The van der Waals surface area contributed by atoms with Crippen LogP contribution < -0.4 is 5.32 Å². The van der Waals surface area contributed by atoms with E-state index in [1.54, 1.807) is 0 Å². The van der Waals surface area contributed by atoms with Gasteiger partial charge in [0.15, 0.2) is 0 Å². The highest BCUT2D eigenvalue weighted by atomic mass is 35.5. The van der Waals surface area contributed by atoms with Crippen LogP contribution in [0.2, 0.25) is 10.0 Å². The van der Waals surface area contributed by atoms with Gasteiger partial charge in [0.05, 0.1) is 16.1 Å². The van der Waals surface area contributed by atoms with Crippen molar-refractivity contribution in [2.24, 2.45) is 0 Å². The Morgan fingerprint density at radius 2 is 1.95 bits per heavy atom. The standard InChI is InChI=1S/C16H19Cl2NO/c1-3-8-19-15(16-7-4-11(2)20-16)10-12-5-6-13(17)14(18)9-12/h4-7,9,15,19H,3,8,10H2,1-2H3. The van der Waals surface area contributed by atoms with E-state index < -0.39 is 0 Å². The van der Waals surface area contributed by atoms with E-state index in [1.807, 2.05) is 37.3 Å². The van der Waals surface area contributed by atoms with Crippen molar-refractivity contribution in [2.45, 2.75) is 32.7 Å². The van der Waals surface area contributed by atoms with Gasteiger partial charge in [0, 0.05) is 0 Å². The summed E-state index contributed by atoms with van der Waals surface area (Å²) >= 11 is 12.0. The Balaban J connectivity index is 2.16. The molecule has 20 heavy (non-hydrogen) atoms. The molecule has 2 rings (SSSR count). The van der Waals surface area contributed by atoms with Crippen molar-refractivity contribution < 1.29 is 4.42 Å². The number of halogens is 2. The maximum absolute atomic E-state index is 6.08. The first kappa shape index (κ1) is 15.4. The van der Waals surface area contributed by atoms with Crippen LogP contribution in [0.25, 0.3) is 0 Å². The number of furan rings is 1. The van der Waals surface area contributed by atoms with Gasteiger partial charge in [0.1, 0.15) is 11.5 Å². The summed E-state index contributed by atoms with van der Waals surface area (Å²) in [5.41, 5.74) is 1.14. The molecule has 1 atom stereocenters. The van der Waals surface area contributed by atoms with E-state index in [0.29, 0.717) is 10.0 Å². The fourth-order valence-corrected chi connectivity index (χ4v) is 2.46. The Bertz CT molecular complexity index is 565. The predicted octanol–water partition coefficient (Wildman–Crippen LogP) is 5.18. The van der Waals surface area contributed by atoms with Crippen molar-refractivity contribution in [1.29, 1.82) is 0 Å². The van der Waals surface area contributed by atoms with Gasteiger partial charge in [-0.15, -0.1) is 0 Å². The van der Waals surface area contributed by atoms with E-state index in [1.165, 1.54) is 0 Å². The molecule has 0 aliphatic carbocycles. The molecule has 1 heterocycles. The normalized spacial score (nSPS) is 12.6. The number of rotatable bonds is 6. The van der Waals surface area contributed by atoms with E-state index in [-0.39, 0.29) is 6.04 Å². The van der Waals surface area contributed by atoms with Gasteiger partial charge < -0.3 is 9.73 Å². The maximum atomic E-state index is 6.08. The van der Waals surface area contributed by atoms with Gasteiger partial charge in [-0.25, -0.2) is 0 Å². The summed E-state index contributed by atoms with van der Waals surface area (Å²) in [4.78, 5) is 0. The van der Waals surface area contributed by atoms with E-state index in [9.17, 15) is 0 Å². The Morgan fingerprint density at radius 1 is 1.15 bits per heavy atom. The minimum absolute atomic E-state index is 0.154. The van der Waals surface area contributed by atoms with Gasteiger partial charge in [-0.3, -0.25) is 0 Å². The fourth-order valence-electron chi connectivity index (χ4n) is 2.13. The molecule has 0 bridgehead atoms. The molecular weight excluding hydrogens is 293 g/mol. The zero-order chi connectivity index (χ0) is 14.5. The number of nitrogens with one attached hydrogen (secondary N) is 1. The van der Waals surface area contributed by atoms with Crippen molar-refractivity contribution >= 4 is 23.2 Å². The third kappa shape index (κ3) is 4.02. The molecule has 1 N–H and O–H groups in total. The van der Waals surface area contributed by atoms with E-state index in [2.05, 4.69) is 12.2 Å². The zero-order valence-electron chi connectivity index (χ0n) is 11.7. The molecule has 2 aromatic rings. The first-order valence-electron chi connectivity index (χ1n) is 6.83. The second-order valence-corrected chi connectivity index (χ2v) is 5.72. The molecule has 1 aromatic heterocycles. The molecule has 0 saturated carbocycles. The number of aryl methyl sites for hydroxylation is 1. The molecule has 0 fully saturated rings. The first-order valence-corrected chi connectivity index (χ1v) is 7.59. The van der Waals surface area contributed by atoms with Crippen molar-refractivity contribution in [3.63, 3.8) is 0 Å². The minimum Gasteiger partial charge on any atom is -0.465 e. The average molecular weight is 312 g/mol. The molecule has 0 aliphatic rings. The lowest BCUT2D eigenvalue weighted by Gasteiger charge is -2.16. The lowest BCUT2D eigenvalue weighted by atomic mass is 10.0. The summed E-state index contributed by atoms with van der Waals surface area (Å²) < 4.78 is 5.75. The van der Waals surface area contributed by atoms with E-state index in [4.69, 9.17) is 27.6 Å². The zero-order valence-corrected chi connectivity index (χ0v) is 13.3. The lowest BCUT2D eigenvalue weighted by Crippen LogP contribution is -2.23. The van der Waals surface area contributed by atoms with Gasteiger partial charge in [0.2, 0.25) is 0 Å². The molecule has 0 spiro atoms. The summed E-state index contributed by atoms with van der Waals surface area (Å²) in [7, 11) is 0. The number of hydrogen-bond acceptors (Lipinski definition) is 2. The van der Waals surface area contributed by atoms with Crippen molar-refractivity contribution in [3.05, 3.63) is 57.5 Å². The predicted molar refractivity (Wildman–Crippen MR) is 84.6 cm³/mol. The monoisotopic (exact) mass is 311 g/mol. The molecule has 4 heteroatoms. The summed E-state index contributed by atoms with van der Waals surface area (Å²) in [6.45, 7) is 5.06. The Kier molecular flexibility index (Phi) is 5.53. The van der Waals surface area contributed by atoms with Gasteiger partial charge >= 0.3 is 0 Å². The Labute approximate surface area is 130 Å². The molecule has 1 aromatic carbocycles. The minimum atomic E-state index is 0.154. The molecule has 0 amide bonds. The molecule has 2 nitrogen and oxygen atoms in total. The smallest absolute Gasteiger partial charge is 0.121 e. The number of hydrogen-bond donors (Lipinski definition) is 1. The summed E-state index contributed by atoms with van der Waals surface area (Å²) in [6, 6.07) is 9.93. The van der Waals surface area contributed by atoms with Crippen molar-refractivity contribution in [3.8, 4) is 0 Å². The highest BCUT2D eigenvalue weighted by Gasteiger charge is 2.15. The second-order valence-electron chi connectivity index (χ2n) is 4.91. The van der Waals surface area contributed by atoms with Gasteiger partial charge in [-0.1, -0.05) is 36.2 Å². The summed E-state index contributed by atoms with van der Waals surface area (Å²) in [5.74, 6) is 1.89. The molecule has 108 valence electrons. The van der Waals surface area contributed by atoms with Crippen LogP contribution in [0.15, 0.2) is 34.7 Å². The van der Waals surface area contributed by atoms with Crippen LogP contribution in [-0.2, 0) is 6.42 Å². The summed E-state index contributed by atoms with van der Waals surface area (Å²) in [6.07, 6.45) is 1.90. The Hall–Kier alpha value is -0.960. The molecule has 0 aliphatic heterocycles. The average Bonchev–Trinajstić information content (AvgIpc) is 2.85. The SMILES string of the molecule is CCCNC(Cc1ccc(Cl)c(Cl)c1)c1ccc(C)o1. The van der Waals surface area contributed by atoms with Crippen LogP contribution >= 0.6 is 23.2 Å². The molecule has 0 radical (unpaired) electrons. The summed E-state index contributed by atoms with van der Waals surface area (Å²) in [5, 5.41) is 4.69. The molecular formula is C16H19Cl2NO. The van der Waals surface area contributed by atoms with E-state index >= 15 is 0 Å². The van der Waals surface area contributed by atoms with Crippen LogP contribution in [-0.4, -0.2) is 6.54 Å². The lowest BCUT2D eigenvalue weighted by molar-refractivity contribution is 0.398. The van der Waals surface area contributed by atoms with Crippen LogP contribution in [0.5, 0.6) is 0 Å². The largest absolute Gasteiger partial charge is 0.465 e. The third-order valence-electron chi connectivity index (χ3n) is 3.17. The second kappa shape index (κ2) is 7.16. The topological polar surface area (TPSA) is 25.2 Å². The van der Waals surface area contributed by atoms with Gasteiger partial charge in [0.25, 0.3) is 0 Å². The van der Waals surface area contributed by atoms with Crippen LogP contribution in [0, 0.1) is 6.92 Å². The quantitative estimate of drug-likeness (QED) is 0.795. The molecule has 1 unspecified atom stereocenters. The van der Waals surface area contributed by atoms with Crippen molar-refractivity contribution in [2.75, 3.05) is 6.54 Å². The van der Waals surface area contributed by atoms with Crippen LogP contribution in [0.3, 0.4) is 0 Å². The van der Waals surface area contributed by atoms with Gasteiger partial charge in [-0.05, 0) is 56.1 Å². The van der Waals surface area contributed by atoms with E-state index in [0.717, 1.165) is 36.5 Å². The highest BCUT2D eigenvalue weighted by Crippen LogP contribution is 2.26. The fraction of sp³-hybridized carbons (Fsp3) is 0.375. The van der Waals surface area contributed by atoms with Crippen molar-refractivity contribution in [1.82, 2.24) is 5.32 Å².